The van der Waals surface area contributed by atoms with Gasteiger partial charge >= 0.3 is 0 Å². The van der Waals surface area contributed by atoms with Gasteiger partial charge in [0.05, 0.1) is 20.3 Å². The van der Waals surface area contributed by atoms with Crippen LogP contribution in [0.3, 0.4) is 0 Å². The van der Waals surface area contributed by atoms with Crippen molar-refractivity contribution in [1.82, 2.24) is 15.2 Å². The van der Waals surface area contributed by atoms with E-state index in [2.05, 4.69) is 15.1 Å². The monoisotopic (exact) mass is 583 g/mol. The molecule has 0 bridgehead atoms. The number of nitrogens with zero attached hydrogens (tertiary/aromatic N) is 4. The van der Waals surface area contributed by atoms with Gasteiger partial charge in [0, 0.05) is 51.4 Å². The topological polar surface area (TPSA) is 85.8 Å². The number of carbonyl (C=O) groups excluding carboxylic acids is 1. The summed E-state index contributed by atoms with van der Waals surface area (Å²) in [6.07, 6.45) is 0. The number of sulfonamides is 1. The molecule has 1 saturated heterocycles. The Morgan fingerprint density at radius 2 is 1.72 bits per heavy atom. The molecule has 0 spiro atoms. The zero-order valence-electron chi connectivity index (χ0n) is 21.6. The first-order valence-electron chi connectivity index (χ1n) is 12.8. The van der Waals surface area contributed by atoms with E-state index in [1.165, 1.54) is 16.4 Å². The molecule has 8 nitrogen and oxygen atoms in total. The van der Waals surface area contributed by atoms with Crippen LogP contribution in [-0.4, -0.2) is 70.0 Å². The lowest BCUT2D eigenvalue weighted by molar-refractivity contribution is 0.0947. The Morgan fingerprint density at radius 3 is 2.38 bits per heavy atom. The molecule has 1 aliphatic rings. The average Bonchev–Trinajstić information content (AvgIpc) is 3.40. The fourth-order valence-electron chi connectivity index (χ4n) is 4.62. The fraction of sp³-hybridized carbons (Fsp3) is 0.286. The summed E-state index contributed by atoms with van der Waals surface area (Å²) in [4.78, 5) is 22.2. The first kappa shape index (κ1) is 27.4. The molecular weight excluding hydrogens is 554 g/mol. The lowest BCUT2D eigenvalue weighted by Crippen LogP contribution is -2.48. The van der Waals surface area contributed by atoms with Gasteiger partial charge in [0.1, 0.15) is 5.52 Å². The predicted octanol–water partition coefficient (Wildman–Crippen LogP) is 4.72. The van der Waals surface area contributed by atoms with Gasteiger partial charge in [-0.15, -0.1) is 0 Å². The van der Waals surface area contributed by atoms with Gasteiger partial charge in [-0.05, 0) is 55.5 Å². The lowest BCUT2D eigenvalue weighted by Gasteiger charge is -2.34. The van der Waals surface area contributed by atoms with Crippen LogP contribution in [0.1, 0.15) is 17.3 Å². The summed E-state index contributed by atoms with van der Waals surface area (Å²) < 4.78 is 28.8. The maximum Gasteiger partial charge on any atom is 0.264 e. The van der Waals surface area contributed by atoms with Crippen LogP contribution in [0.4, 0.5) is 10.8 Å². The van der Waals surface area contributed by atoms with E-state index in [1.807, 2.05) is 24.3 Å². The highest BCUT2D eigenvalue weighted by molar-refractivity contribution is 7.92. The largest absolute Gasteiger partial charge is 0.351 e. The van der Waals surface area contributed by atoms with Crippen molar-refractivity contribution in [2.75, 3.05) is 55.0 Å². The Kier molecular flexibility index (Phi) is 8.37. The van der Waals surface area contributed by atoms with Gasteiger partial charge in [-0.25, -0.2) is 13.4 Å². The van der Waals surface area contributed by atoms with Crippen LogP contribution in [-0.2, 0) is 10.0 Å². The molecule has 0 aliphatic carbocycles. The summed E-state index contributed by atoms with van der Waals surface area (Å²) in [7, 11) is -3.73. The van der Waals surface area contributed by atoms with Crippen LogP contribution in [0.2, 0.25) is 5.02 Å². The first-order chi connectivity index (χ1) is 18.9. The number of halogens is 1. The molecule has 3 aromatic carbocycles. The summed E-state index contributed by atoms with van der Waals surface area (Å²) >= 11 is 7.94. The van der Waals surface area contributed by atoms with Crippen molar-refractivity contribution in [3.8, 4) is 0 Å². The van der Waals surface area contributed by atoms with Gasteiger partial charge in [0.25, 0.3) is 15.9 Å². The number of thiazole rings is 1. The number of hydrogen-bond acceptors (Lipinski definition) is 7. The molecule has 1 N–H and O–H groups in total. The molecule has 4 aromatic rings. The quantitative estimate of drug-likeness (QED) is 0.307. The zero-order valence-corrected chi connectivity index (χ0v) is 24.0. The number of piperazine rings is 1. The number of rotatable bonds is 9. The fourth-order valence-corrected chi connectivity index (χ4v) is 7.41. The van der Waals surface area contributed by atoms with Crippen molar-refractivity contribution in [1.29, 1.82) is 0 Å². The number of amides is 1. The summed E-state index contributed by atoms with van der Waals surface area (Å²) in [5.41, 5.74) is 1.89. The van der Waals surface area contributed by atoms with Gasteiger partial charge in [0.15, 0.2) is 5.13 Å². The molecule has 1 aliphatic heterocycles. The minimum absolute atomic E-state index is 0.151. The molecular formula is C28H30ClN5O3S2. The summed E-state index contributed by atoms with van der Waals surface area (Å²) in [5, 5.41) is 4.62. The molecule has 11 heteroatoms. The molecule has 0 saturated carbocycles. The van der Waals surface area contributed by atoms with Gasteiger partial charge in [0.2, 0.25) is 0 Å². The molecule has 1 amide bonds. The van der Waals surface area contributed by atoms with Crippen LogP contribution in [0.15, 0.2) is 77.7 Å². The Hall–Kier alpha value is -3.18. The predicted molar refractivity (Wildman–Crippen MR) is 159 cm³/mol. The second-order valence-corrected chi connectivity index (χ2v) is 12.5. The van der Waals surface area contributed by atoms with Crippen molar-refractivity contribution >= 4 is 59.9 Å². The SMILES string of the molecule is CCN(c1ccccc1)S(=O)(=O)c1ccc(C(=O)NCCN2CCN(c3nc4c(Cl)cccc4s3)CC2)cc1. The smallest absolute Gasteiger partial charge is 0.264 e. The highest BCUT2D eigenvalue weighted by Crippen LogP contribution is 2.33. The van der Waals surface area contributed by atoms with E-state index < -0.39 is 10.0 Å². The second kappa shape index (κ2) is 11.9. The van der Waals surface area contributed by atoms with Gasteiger partial charge in [-0.3, -0.25) is 14.0 Å². The molecule has 1 aromatic heterocycles. The van der Waals surface area contributed by atoms with Crippen molar-refractivity contribution in [2.24, 2.45) is 0 Å². The number of anilines is 2. The van der Waals surface area contributed by atoms with E-state index in [9.17, 15) is 13.2 Å². The number of nitrogens with one attached hydrogen (secondary N) is 1. The zero-order chi connectivity index (χ0) is 27.4. The van der Waals surface area contributed by atoms with E-state index in [0.29, 0.717) is 29.4 Å². The first-order valence-corrected chi connectivity index (χ1v) is 15.5. The summed E-state index contributed by atoms with van der Waals surface area (Å²) in [6.45, 7) is 6.81. The second-order valence-electron chi connectivity index (χ2n) is 9.20. The van der Waals surface area contributed by atoms with E-state index in [1.54, 1.807) is 54.7 Å². The van der Waals surface area contributed by atoms with Crippen LogP contribution in [0, 0.1) is 0 Å². The van der Waals surface area contributed by atoms with Gasteiger partial charge < -0.3 is 10.2 Å². The highest BCUT2D eigenvalue weighted by Gasteiger charge is 2.24. The Labute approximate surface area is 237 Å². The minimum Gasteiger partial charge on any atom is -0.351 e. The van der Waals surface area contributed by atoms with Crippen LogP contribution in [0.5, 0.6) is 0 Å². The number of carbonyl (C=O) groups is 1. The maximum absolute atomic E-state index is 13.2. The molecule has 39 heavy (non-hydrogen) atoms. The molecule has 0 radical (unpaired) electrons. The van der Waals surface area contributed by atoms with E-state index in [-0.39, 0.29) is 10.8 Å². The van der Waals surface area contributed by atoms with E-state index >= 15 is 0 Å². The average molecular weight is 584 g/mol. The Morgan fingerprint density at radius 1 is 1.00 bits per heavy atom. The van der Waals surface area contributed by atoms with Gasteiger partial charge in [-0.1, -0.05) is 47.2 Å². The molecule has 1 fully saturated rings. The third-order valence-corrected chi connectivity index (χ3v) is 10.1. The van der Waals surface area contributed by atoms with Crippen LogP contribution >= 0.6 is 22.9 Å². The van der Waals surface area contributed by atoms with Crippen molar-refractivity contribution in [3.63, 3.8) is 0 Å². The summed E-state index contributed by atoms with van der Waals surface area (Å²) in [6, 6.07) is 20.9. The normalized spacial score (nSPS) is 14.5. The molecule has 0 atom stereocenters. The minimum atomic E-state index is -3.73. The van der Waals surface area contributed by atoms with E-state index in [0.717, 1.165) is 48.1 Å². The standard InChI is InChI=1S/C28H30ClN5O3S2/c1-2-34(22-7-4-3-5-8-22)39(36,37)23-13-11-21(12-14-23)27(35)30-15-16-32-17-19-33(20-18-32)28-31-26-24(29)9-6-10-25(26)38-28/h3-14H,2,15-20H2,1H3,(H,30,35). The molecule has 2 heterocycles. The third kappa shape index (κ3) is 6.04. The summed E-state index contributed by atoms with van der Waals surface area (Å²) in [5.74, 6) is -0.223. The number of aromatic nitrogens is 1. The molecule has 5 rings (SSSR count). The van der Waals surface area contributed by atoms with Gasteiger partial charge in [-0.2, -0.15) is 0 Å². The number of para-hydroxylation sites is 2. The number of benzene rings is 3. The maximum atomic E-state index is 13.2. The van der Waals surface area contributed by atoms with Crippen LogP contribution < -0.4 is 14.5 Å². The Bertz CT molecular complexity index is 1540. The Balaban J connectivity index is 1.11. The van der Waals surface area contributed by atoms with E-state index in [4.69, 9.17) is 16.6 Å². The lowest BCUT2D eigenvalue weighted by atomic mass is 10.2. The molecule has 204 valence electrons. The van der Waals surface area contributed by atoms with Crippen LogP contribution in [0.25, 0.3) is 10.2 Å². The van der Waals surface area contributed by atoms with Crippen molar-refractivity contribution in [2.45, 2.75) is 11.8 Å². The third-order valence-electron chi connectivity index (χ3n) is 6.75. The number of fused-ring (bicyclic) bond motifs is 1. The van der Waals surface area contributed by atoms with Crippen molar-refractivity contribution < 1.29 is 13.2 Å². The van der Waals surface area contributed by atoms with Crippen molar-refractivity contribution in [3.05, 3.63) is 83.4 Å². The number of hydrogen-bond donors (Lipinski definition) is 1. The molecule has 0 unspecified atom stereocenters. The highest BCUT2D eigenvalue weighted by atomic mass is 35.5.